The highest BCUT2D eigenvalue weighted by Gasteiger charge is 2.24. The summed E-state index contributed by atoms with van der Waals surface area (Å²) in [5, 5.41) is 0.811. The topological polar surface area (TPSA) is 56.9 Å². The summed E-state index contributed by atoms with van der Waals surface area (Å²) < 4.78 is 3.71. The fraction of sp³-hybridized carbons (Fsp3) is 0.500. The fourth-order valence-electron chi connectivity index (χ4n) is 4.41. The molecule has 0 atom stereocenters. The molecule has 0 radical (unpaired) electrons. The van der Waals surface area contributed by atoms with Crippen molar-refractivity contribution in [3.63, 3.8) is 0 Å². The molecule has 1 aliphatic rings. The molecule has 5 heteroatoms. The minimum atomic E-state index is -0.198. The van der Waals surface area contributed by atoms with Crippen molar-refractivity contribution >= 4 is 21.9 Å². The van der Waals surface area contributed by atoms with Crippen molar-refractivity contribution in [2.45, 2.75) is 64.3 Å². The lowest BCUT2D eigenvalue weighted by Crippen LogP contribution is -2.32. The third kappa shape index (κ3) is 2.99. The summed E-state index contributed by atoms with van der Waals surface area (Å²) in [6.07, 6.45) is 7.70. The molecular formula is C22H27N3O2. The Morgan fingerprint density at radius 3 is 2.59 bits per heavy atom. The van der Waals surface area contributed by atoms with E-state index in [-0.39, 0.29) is 16.4 Å². The first-order chi connectivity index (χ1) is 13.1. The fourth-order valence-corrected chi connectivity index (χ4v) is 4.41. The maximum Gasteiger partial charge on any atom is 0.266 e. The van der Waals surface area contributed by atoms with E-state index in [1.54, 1.807) is 10.6 Å². The molecule has 0 saturated heterocycles. The lowest BCUT2D eigenvalue weighted by molar-refractivity contribution is 0.406. The molecule has 0 unspecified atom stereocenters. The molecule has 0 spiro atoms. The van der Waals surface area contributed by atoms with Crippen LogP contribution in [0.15, 0.2) is 33.9 Å². The highest BCUT2D eigenvalue weighted by atomic mass is 16.1. The van der Waals surface area contributed by atoms with Crippen LogP contribution in [-0.4, -0.2) is 14.1 Å². The first-order valence-electron chi connectivity index (χ1n) is 10.2. The molecule has 27 heavy (non-hydrogen) atoms. The normalized spacial score (nSPS) is 15.6. The van der Waals surface area contributed by atoms with Crippen LogP contribution < -0.4 is 11.0 Å². The van der Waals surface area contributed by atoms with E-state index in [9.17, 15) is 9.59 Å². The zero-order valence-corrected chi connectivity index (χ0v) is 16.2. The number of para-hydroxylation sites is 1. The van der Waals surface area contributed by atoms with Gasteiger partial charge in [0, 0.05) is 24.9 Å². The van der Waals surface area contributed by atoms with Crippen molar-refractivity contribution in [2.24, 2.45) is 7.05 Å². The standard InChI is InChI=1S/C22H27N3O2/c1-3-4-14-25-20(15-10-6-5-7-11-15)23-21-18(22(25)27)19(26)16-12-8-9-13-17(16)24(21)2/h8-9,12-13,15H,3-7,10-11,14H2,1-2H3. The summed E-state index contributed by atoms with van der Waals surface area (Å²) in [6, 6.07) is 7.47. The van der Waals surface area contributed by atoms with Crippen LogP contribution >= 0.6 is 0 Å². The smallest absolute Gasteiger partial charge is 0.266 e. The summed E-state index contributed by atoms with van der Waals surface area (Å²) in [7, 11) is 1.90. The van der Waals surface area contributed by atoms with Gasteiger partial charge in [0.15, 0.2) is 5.65 Å². The molecule has 0 amide bonds. The monoisotopic (exact) mass is 365 g/mol. The van der Waals surface area contributed by atoms with Gasteiger partial charge in [-0.15, -0.1) is 0 Å². The van der Waals surface area contributed by atoms with E-state index < -0.39 is 0 Å². The van der Waals surface area contributed by atoms with E-state index in [4.69, 9.17) is 4.98 Å². The van der Waals surface area contributed by atoms with E-state index in [1.807, 2.05) is 29.8 Å². The van der Waals surface area contributed by atoms with Crippen molar-refractivity contribution < 1.29 is 0 Å². The first kappa shape index (κ1) is 18.0. The molecule has 142 valence electrons. The largest absolute Gasteiger partial charge is 0.328 e. The van der Waals surface area contributed by atoms with Gasteiger partial charge in [-0.1, -0.05) is 44.7 Å². The zero-order chi connectivity index (χ0) is 19.0. The number of fused-ring (bicyclic) bond motifs is 2. The van der Waals surface area contributed by atoms with Crippen LogP contribution in [0.4, 0.5) is 0 Å². The highest BCUT2D eigenvalue weighted by Crippen LogP contribution is 2.32. The van der Waals surface area contributed by atoms with E-state index in [2.05, 4.69) is 6.92 Å². The third-order valence-corrected chi connectivity index (χ3v) is 5.94. The predicted octanol–water partition coefficient (Wildman–Crippen LogP) is 4.10. The molecule has 1 saturated carbocycles. The lowest BCUT2D eigenvalue weighted by atomic mass is 9.88. The van der Waals surface area contributed by atoms with Crippen LogP contribution in [-0.2, 0) is 13.6 Å². The number of hydrogen-bond acceptors (Lipinski definition) is 3. The predicted molar refractivity (Wildman–Crippen MR) is 109 cm³/mol. The number of aromatic nitrogens is 3. The van der Waals surface area contributed by atoms with Crippen LogP contribution in [0.1, 0.15) is 63.6 Å². The number of unbranched alkanes of at least 4 members (excludes halogenated alkanes) is 1. The second-order valence-electron chi connectivity index (χ2n) is 7.72. The average molecular weight is 365 g/mol. The summed E-state index contributed by atoms with van der Waals surface area (Å²) in [4.78, 5) is 31.5. The van der Waals surface area contributed by atoms with Gasteiger partial charge in [0.05, 0.1) is 5.52 Å². The van der Waals surface area contributed by atoms with Gasteiger partial charge in [-0.05, 0) is 31.4 Å². The molecule has 4 rings (SSSR count). The van der Waals surface area contributed by atoms with Crippen molar-refractivity contribution in [2.75, 3.05) is 0 Å². The van der Waals surface area contributed by atoms with Crippen LogP contribution in [0, 0.1) is 0 Å². The summed E-state index contributed by atoms with van der Waals surface area (Å²) >= 11 is 0. The Balaban J connectivity index is 2.07. The van der Waals surface area contributed by atoms with E-state index in [1.165, 1.54) is 19.3 Å². The Morgan fingerprint density at radius 1 is 1.11 bits per heavy atom. The van der Waals surface area contributed by atoms with Crippen molar-refractivity contribution in [1.82, 2.24) is 14.1 Å². The number of hydrogen-bond donors (Lipinski definition) is 0. The van der Waals surface area contributed by atoms with E-state index in [0.29, 0.717) is 23.5 Å². The lowest BCUT2D eigenvalue weighted by Gasteiger charge is -2.25. The Bertz CT molecular complexity index is 1100. The first-order valence-corrected chi connectivity index (χ1v) is 10.2. The molecule has 3 aromatic rings. The van der Waals surface area contributed by atoms with Crippen molar-refractivity contribution in [3.8, 4) is 0 Å². The molecular weight excluding hydrogens is 338 g/mol. The van der Waals surface area contributed by atoms with Crippen LogP contribution in [0.3, 0.4) is 0 Å². The Labute approximate surface area is 158 Å². The zero-order valence-electron chi connectivity index (χ0n) is 16.2. The van der Waals surface area contributed by atoms with Gasteiger partial charge in [0.2, 0.25) is 5.43 Å². The molecule has 0 bridgehead atoms. The summed E-state index contributed by atoms with van der Waals surface area (Å²) in [6.45, 7) is 2.76. The maximum absolute atomic E-state index is 13.4. The van der Waals surface area contributed by atoms with Crippen molar-refractivity contribution in [1.29, 1.82) is 0 Å². The van der Waals surface area contributed by atoms with Crippen LogP contribution in [0.2, 0.25) is 0 Å². The molecule has 0 N–H and O–H groups in total. The number of aryl methyl sites for hydroxylation is 1. The quantitative estimate of drug-likeness (QED) is 0.654. The molecule has 2 heterocycles. The number of pyridine rings is 1. The van der Waals surface area contributed by atoms with Gasteiger partial charge in [0.1, 0.15) is 11.2 Å². The van der Waals surface area contributed by atoms with E-state index >= 15 is 0 Å². The second kappa shape index (κ2) is 7.29. The average Bonchev–Trinajstić information content (AvgIpc) is 2.71. The van der Waals surface area contributed by atoms with Crippen molar-refractivity contribution in [3.05, 3.63) is 50.7 Å². The van der Waals surface area contributed by atoms with Crippen LogP contribution in [0.5, 0.6) is 0 Å². The third-order valence-electron chi connectivity index (χ3n) is 5.94. The molecule has 1 aliphatic carbocycles. The van der Waals surface area contributed by atoms with Gasteiger partial charge in [0.25, 0.3) is 5.56 Å². The molecule has 1 fully saturated rings. The van der Waals surface area contributed by atoms with Gasteiger partial charge in [-0.25, -0.2) is 4.98 Å². The highest BCUT2D eigenvalue weighted by molar-refractivity contribution is 5.91. The number of nitrogens with zero attached hydrogens (tertiary/aromatic N) is 3. The van der Waals surface area contributed by atoms with Gasteiger partial charge in [-0.2, -0.15) is 0 Å². The maximum atomic E-state index is 13.4. The van der Waals surface area contributed by atoms with Gasteiger partial charge >= 0.3 is 0 Å². The Hall–Kier alpha value is -2.43. The molecule has 1 aromatic carbocycles. The Kier molecular flexibility index (Phi) is 4.85. The number of benzene rings is 1. The molecule has 5 nitrogen and oxygen atoms in total. The minimum absolute atomic E-state index is 0.166. The van der Waals surface area contributed by atoms with Gasteiger partial charge < -0.3 is 4.57 Å². The molecule has 2 aromatic heterocycles. The summed E-state index contributed by atoms with van der Waals surface area (Å²) in [5.74, 6) is 1.19. The minimum Gasteiger partial charge on any atom is -0.328 e. The van der Waals surface area contributed by atoms with Crippen LogP contribution in [0.25, 0.3) is 21.9 Å². The molecule has 0 aliphatic heterocycles. The van der Waals surface area contributed by atoms with E-state index in [0.717, 1.165) is 37.0 Å². The Morgan fingerprint density at radius 2 is 1.85 bits per heavy atom. The second-order valence-corrected chi connectivity index (χ2v) is 7.72. The summed E-state index contributed by atoms with van der Waals surface area (Å²) in [5.41, 5.74) is 0.983. The SMILES string of the molecule is CCCCn1c(C2CCCCC2)nc2c(c(=O)c3ccccc3n2C)c1=O. The number of rotatable bonds is 4. The van der Waals surface area contributed by atoms with Gasteiger partial charge in [-0.3, -0.25) is 14.2 Å².